The third-order valence-electron chi connectivity index (χ3n) is 3.87. The quantitative estimate of drug-likeness (QED) is 0.705. The predicted molar refractivity (Wildman–Crippen MR) is 91.7 cm³/mol. The molecule has 0 aliphatic rings. The normalized spacial score (nSPS) is 10.4. The molecule has 6 heteroatoms. The molecule has 0 aliphatic carbocycles. The maximum absolute atomic E-state index is 9.09. The fourth-order valence-corrected chi connectivity index (χ4v) is 2.59. The van der Waals surface area contributed by atoms with E-state index in [9.17, 15) is 0 Å². The molecular formula is C19H17N3O3. The van der Waals surface area contributed by atoms with E-state index in [1.807, 2.05) is 32.9 Å². The topological polar surface area (TPSA) is 81.2 Å². The van der Waals surface area contributed by atoms with Crippen LogP contribution in [0, 0.1) is 32.1 Å². The molecule has 0 spiro atoms. The minimum Gasteiger partial charge on any atom is -0.478 e. The molecule has 0 aliphatic heterocycles. The van der Waals surface area contributed by atoms with E-state index in [4.69, 9.17) is 19.3 Å². The van der Waals surface area contributed by atoms with Gasteiger partial charge in [0.25, 0.3) is 5.88 Å². The molecule has 0 unspecified atom stereocenters. The summed E-state index contributed by atoms with van der Waals surface area (Å²) < 4.78 is 16.5. The van der Waals surface area contributed by atoms with Gasteiger partial charge in [-0.3, -0.25) is 0 Å². The summed E-state index contributed by atoms with van der Waals surface area (Å²) in [6.07, 6.45) is 1.69. The summed E-state index contributed by atoms with van der Waals surface area (Å²) in [5.41, 5.74) is 3.90. The lowest BCUT2D eigenvalue weighted by molar-refractivity contribution is 0.363. The molecule has 3 rings (SSSR count). The second-order valence-corrected chi connectivity index (χ2v) is 5.62. The Hall–Kier alpha value is -3.33. The summed E-state index contributed by atoms with van der Waals surface area (Å²) in [7, 11) is 1.53. The van der Waals surface area contributed by atoms with Crippen LogP contribution in [0.4, 0.5) is 0 Å². The van der Waals surface area contributed by atoms with Crippen molar-refractivity contribution in [3.63, 3.8) is 0 Å². The Labute approximate surface area is 145 Å². The summed E-state index contributed by atoms with van der Waals surface area (Å²) >= 11 is 0. The SMILES string of the molecule is COc1ncc(-c2c(C)noc2C)cc1Oc1cc(C#N)ccc1C. The van der Waals surface area contributed by atoms with Gasteiger partial charge < -0.3 is 14.0 Å². The van der Waals surface area contributed by atoms with Crippen molar-refractivity contribution in [2.45, 2.75) is 20.8 Å². The third kappa shape index (κ3) is 3.17. The fourth-order valence-electron chi connectivity index (χ4n) is 2.59. The molecule has 3 aromatic rings. The van der Waals surface area contributed by atoms with Gasteiger partial charge in [0.15, 0.2) is 5.75 Å². The molecule has 0 atom stereocenters. The Morgan fingerprint density at radius 2 is 1.92 bits per heavy atom. The van der Waals surface area contributed by atoms with Crippen LogP contribution < -0.4 is 9.47 Å². The second-order valence-electron chi connectivity index (χ2n) is 5.62. The summed E-state index contributed by atoms with van der Waals surface area (Å²) in [5, 5.41) is 13.1. The lowest BCUT2D eigenvalue weighted by Gasteiger charge is -2.13. The monoisotopic (exact) mass is 335 g/mol. The van der Waals surface area contributed by atoms with Gasteiger partial charge in [0.05, 0.1) is 24.4 Å². The van der Waals surface area contributed by atoms with Crippen molar-refractivity contribution in [2.75, 3.05) is 7.11 Å². The number of nitrogens with zero attached hydrogens (tertiary/aromatic N) is 3. The largest absolute Gasteiger partial charge is 0.478 e. The number of benzene rings is 1. The first kappa shape index (κ1) is 16.5. The van der Waals surface area contributed by atoms with Crippen LogP contribution in [0.2, 0.25) is 0 Å². The Morgan fingerprint density at radius 3 is 2.56 bits per heavy atom. The van der Waals surface area contributed by atoms with Crippen LogP contribution in [-0.4, -0.2) is 17.3 Å². The smallest absolute Gasteiger partial charge is 0.257 e. The van der Waals surface area contributed by atoms with E-state index in [0.29, 0.717) is 28.7 Å². The molecule has 2 heterocycles. The van der Waals surface area contributed by atoms with Gasteiger partial charge in [-0.25, -0.2) is 4.98 Å². The molecule has 126 valence electrons. The van der Waals surface area contributed by atoms with Crippen molar-refractivity contribution in [3.05, 3.63) is 53.0 Å². The summed E-state index contributed by atoms with van der Waals surface area (Å²) in [6, 6.07) is 9.22. The molecule has 0 bridgehead atoms. The van der Waals surface area contributed by atoms with E-state index in [1.54, 1.807) is 18.3 Å². The molecule has 0 saturated carbocycles. The first-order valence-corrected chi connectivity index (χ1v) is 7.69. The maximum atomic E-state index is 9.09. The zero-order valence-corrected chi connectivity index (χ0v) is 14.5. The third-order valence-corrected chi connectivity index (χ3v) is 3.87. The Kier molecular flexibility index (Phi) is 4.40. The van der Waals surface area contributed by atoms with E-state index in [1.165, 1.54) is 7.11 Å². The number of nitriles is 1. The highest BCUT2D eigenvalue weighted by atomic mass is 16.5. The highest BCUT2D eigenvalue weighted by Crippen LogP contribution is 2.36. The Morgan fingerprint density at radius 1 is 1.12 bits per heavy atom. The standard InChI is InChI=1S/C19H17N3O3/c1-11-5-6-14(9-20)7-16(11)24-17-8-15(10-21-19(17)23-4)18-12(2)22-25-13(18)3/h5-8,10H,1-4H3. The van der Waals surface area contributed by atoms with Crippen molar-refractivity contribution in [1.29, 1.82) is 5.26 Å². The number of ether oxygens (including phenoxy) is 2. The number of hydrogen-bond acceptors (Lipinski definition) is 6. The van der Waals surface area contributed by atoms with Gasteiger partial charge in [0.1, 0.15) is 11.5 Å². The Balaban J connectivity index is 2.07. The van der Waals surface area contributed by atoms with Gasteiger partial charge in [-0.05, 0) is 44.5 Å². The lowest BCUT2D eigenvalue weighted by atomic mass is 10.1. The van der Waals surface area contributed by atoms with Crippen LogP contribution in [0.1, 0.15) is 22.6 Å². The van der Waals surface area contributed by atoms with Crippen LogP contribution >= 0.6 is 0 Å². The fraction of sp³-hybridized carbons (Fsp3) is 0.211. The van der Waals surface area contributed by atoms with Crippen molar-refractivity contribution in [3.8, 4) is 34.6 Å². The molecule has 0 amide bonds. The van der Waals surface area contributed by atoms with Gasteiger partial charge in [-0.2, -0.15) is 5.26 Å². The van der Waals surface area contributed by atoms with Gasteiger partial charge in [-0.15, -0.1) is 0 Å². The zero-order chi connectivity index (χ0) is 18.0. The van der Waals surface area contributed by atoms with Crippen molar-refractivity contribution < 1.29 is 14.0 Å². The molecule has 0 fully saturated rings. The van der Waals surface area contributed by atoms with Crippen molar-refractivity contribution >= 4 is 0 Å². The molecule has 0 saturated heterocycles. The van der Waals surface area contributed by atoms with Crippen LogP contribution in [-0.2, 0) is 0 Å². The van der Waals surface area contributed by atoms with E-state index in [2.05, 4.69) is 16.2 Å². The number of aromatic nitrogens is 2. The summed E-state index contributed by atoms with van der Waals surface area (Å²) in [5.74, 6) is 2.10. The second kappa shape index (κ2) is 6.65. The van der Waals surface area contributed by atoms with Crippen LogP contribution in [0.15, 0.2) is 35.0 Å². The minimum absolute atomic E-state index is 0.359. The van der Waals surface area contributed by atoms with E-state index >= 15 is 0 Å². The van der Waals surface area contributed by atoms with Gasteiger partial charge in [0, 0.05) is 17.3 Å². The average Bonchev–Trinajstić information content (AvgIpc) is 2.95. The highest BCUT2D eigenvalue weighted by Gasteiger charge is 2.16. The van der Waals surface area contributed by atoms with Crippen LogP contribution in [0.3, 0.4) is 0 Å². The minimum atomic E-state index is 0.359. The summed E-state index contributed by atoms with van der Waals surface area (Å²) in [4.78, 5) is 4.32. The van der Waals surface area contributed by atoms with E-state index in [-0.39, 0.29) is 0 Å². The Bertz CT molecular complexity index is 951. The zero-order valence-electron chi connectivity index (χ0n) is 14.5. The molecule has 0 N–H and O–H groups in total. The van der Waals surface area contributed by atoms with Gasteiger partial charge in [-0.1, -0.05) is 11.2 Å². The average molecular weight is 335 g/mol. The molecule has 2 aromatic heterocycles. The van der Waals surface area contributed by atoms with E-state index in [0.717, 1.165) is 22.4 Å². The van der Waals surface area contributed by atoms with E-state index < -0.39 is 0 Å². The highest BCUT2D eigenvalue weighted by molar-refractivity contribution is 5.69. The van der Waals surface area contributed by atoms with Crippen molar-refractivity contribution in [1.82, 2.24) is 10.1 Å². The maximum Gasteiger partial charge on any atom is 0.257 e. The molecular weight excluding hydrogens is 318 g/mol. The number of methoxy groups -OCH3 is 1. The molecule has 25 heavy (non-hydrogen) atoms. The van der Waals surface area contributed by atoms with Crippen LogP contribution in [0.25, 0.3) is 11.1 Å². The molecule has 1 aromatic carbocycles. The first-order chi connectivity index (χ1) is 12.0. The van der Waals surface area contributed by atoms with Gasteiger partial charge >= 0.3 is 0 Å². The molecule has 6 nitrogen and oxygen atoms in total. The van der Waals surface area contributed by atoms with Gasteiger partial charge in [0.2, 0.25) is 0 Å². The first-order valence-electron chi connectivity index (χ1n) is 7.69. The lowest BCUT2D eigenvalue weighted by Crippen LogP contribution is -1.96. The number of aryl methyl sites for hydroxylation is 3. The number of pyridine rings is 1. The number of hydrogen-bond donors (Lipinski definition) is 0. The van der Waals surface area contributed by atoms with Crippen LogP contribution in [0.5, 0.6) is 17.4 Å². The summed E-state index contributed by atoms with van der Waals surface area (Å²) in [6.45, 7) is 5.63. The predicted octanol–water partition coefficient (Wildman–Crippen LogP) is 4.33. The van der Waals surface area contributed by atoms with Crippen molar-refractivity contribution in [2.24, 2.45) is 0 Å². The number of rotatable bonds is 4. The molecule has 0 radical (unpaired) electrons.